The molecule has 1 aliphatic heterocycles. The first-order valence-electron chi connectivity index (χ1n) is 10.5. The van der Waals surface area contributed by atoms with Crippen molar-refractivity contribution in [1.82, 2.24) is 5.32 Å². The predicted molar refractivity (Wildman–Crippen MR) is 121 cm³/mol. The number of carbonyl (C=O) groups excluding carboxylic acids is 2. The zero-order valence-corrected chi connectivity index (χ0v) is 17.8. The summed E-state index contributed by atoms with van der Waals surface area (Å²) >= 11 is 0. The molecule has 1 heterocycles. The molecule has 0 saturated carbocycles. The number of methoxy groups -OCH3 is 1. The minimum absolute atomic E-state index is 0.00784. The highest BCUT2D eigenvalue weighted by atomic mass is 16.5. The van der Waals surface area contributed by atoms with Crippen LogP contribution in [0.4, 0.5) is 5.69 Å². The number of hydrogen-bond acceptors (Lipinski definition) is 4. The SMILES string of the molecule is COc1ccc(OC[C@H](C)NC(=O)CCCN2C(=O)c3cccc4cccc2c34)cc1. The van der Waals surface area contributed by atoms with Gasteiger partial charge in [0, 0.05) is 23.9 Å². The van der Waals surface area contributed by atoms with Crippen molar-refractivity contribution in [1.29, 1.82) is 0 Å². The summed E-state index contributed by atoms with van der Waals surface area (Å²) in [6, 6.07) is 18.9. The summed E-state index contributed by atoms with van der Waals surface area (Å²) in [4.78, 5) is 26.9. The Bertz CT molecular complexity index is 1090. The highest BCUT2D eigenvalue weighted by molar-refractivity contribution is 6.25. The van der Waals surface area contributed by atoms with E-state index in [0.717, 1.165) is 33.5 Å². The van der Waals surface area contributed by atoms with Crippen LogP contribution in [0.15, 0.2) is 60.7 Å². The highest BCUT2D eigenvalue weighted by Crippen LogP contribution is 2.37. The van der Waals surface area contributed by atoms with Crippen LogP contribution in [0.5, 0.6) is 11.5 Å². The minimum Gasteiger partial charge on any atom is -0.497 e. The van der Waals surface area contributed by atoms with Gasteiger partial charge in [0.05, 0.1) is 18.8 Å². The number of ether oxygens (including phenoxy) is 2. The molecular weight excluding hydrogens is 392 g/mol. The Morgan fingerprint density at radius 2 is 1.74 bits per heavy atom. The van der Waals surface area contributed by atoms with Gasteiger partial charge in [-0.2, -0.15) is 0 Å². The first-order valence-corrected chi connectivity index (χ1v) is 10.5. The zero-order valence-electron chi connectivity index (χ0n) is 17.8. The topological polar surface area (TPSA) is 67.9 Å². The van der Waals surface area contributed by atoms with Gasteiger partial charge in [-0.15, -0.1) is 0 Å². The lowest BCUT2D eigenvalue weighted by Crippen LogP contribution is -2.37. The molecule has 0 unspecified atom stereocenters. The van der Waals surface area contributed by atoms with Gasteiger partial charge >= 0.3 is 0 Å². The summed E-state index contributed by atoms with van der Waals surface area (Å²) in [5.41, 5.74) is 1.67. The van der Waals surface area contributed by atoms with Crippen molar-refractivity contribution in [2.24, 2.45) is 0 Å². The first kappa shape index (κ1) is 20.7. The molecule has 1 N–H and O–H groups in total. The molecule has 0 radical (unpaired) electrons. The van der Waals surface area contributed by atoms with Crippen LogP contribution < -0.4 is 19.7 Å². The summed E-state index contributed by atoms with van der Waals surface area (Å²) in [6.45, 7) is 2.79. The van der Waals surface area contributed by atoms with Crippen molar-refractivity contribution < 1.29 is 19.1 Å². The molecular formula is C25H26N2O4. The van der Waals surface area contributed by atoms with E-state index in [1.54, 1.807) is 12.0 Å². The summed E-state index contributed by atoms with van der Waals surface area (Å²) in [6.07, 6.45) is 0.941. The van der Waals surface area contributed by atoms with Gasteiger partial charge in [-0.1, -0.05) is 24.3 Å². The lowest BCUT2D eigenvalue weighted by molar-refractivity contribution is -0.121. The van der Waals surface area contributed by atoms with Gasteiger partial charge in [-0.3, -0.25) is 9.59 Å². The highest BCUT2D eigenvalue weighted by Gasteiger charge is 2.29. The molecule has 0 spiro atoms. The van der Waals surface area contributed by atoms with Gasteiger partial charge in [0.1, 0.15) is 18.1 Å². The maximum absolute atomic E-state index is 12.8. The number of anilines is 1. The number of nitrogens with zero attached hydrogens (tertiary/aromatic N) is 1. The third-order valence-electron chi connectivity index (χ3n) is 5.40. The molecule has 1 atom stereocenters. The number of nitrogens with one attached hydrogen (secondary N) is 1. The van der Waals surface area contributed by atoms with E-state index in [0.29, 0.717) is 26.0 Å². The Labute approximate surface area is 181 Å². The molecule has 3 aromatic rings. The Morgan fingerprint density at radius 1 is 1.03 bits per heavy atom. The largest absolute Gasteiger partial charge is 0.497 e. The van der Waals surface area contributed by atoms with Gasteiger partial charge in [-0.25, -0.2) is 0 Å². The number of amides is 2. The third-order valence-corrected chi connectivity index (χ3v) is 5.40. The molecule has 2 amide bonds. The van der Waals surface area contributed by atoms with E-state index in [1.807, 2.05) is 67.6 Å². The second-order valence-electron chi connectivity index (χ2n) is 7.70. The van der Waals surface area contributed by atoms with Crippen molar-refractivity contribution in [3.63, 3.8) is 0 Å². The molecule has 0 saturated heterocycles. The fraction of sp³-hybridized carbons (Fsp3) is 0.280. The summed E-state index contributed by atoms with van der Waals surface area (Å²) in [5.74, 6) is 1.45. The van der Waals surface area contributed by atoms with Gasteiger partial charge < -0.3 is 19.7 Å². The quantitative estimate of drug-likeness (QED) is 0.566. The normalized spacial score (nSPS) is 13.4. The van der Waals surface area contributed by atoms with Gasteiger partial charge in [0.25, 0.3) is 5.91 Å². The molecule has 6 nitrogen and oxygen atoms in total. The number of hydrogen-bond donors (Lipinski definition) is 1. The van der Waals surface area contributed by atoms with Crippen molar-refractivity contribution in [2.75, 3.05) is 25.2 Å². The molecule has 0 aliphatic carbocycles. The number of carbonyl (C=O) groups is 2. The molecule has 1 aliphatic rings. The van der Waals surface area contributed by atoms with Crippen LogP contribution in [-0.2, 0) is 4.79 Å². The Balaban J connectivity index is 1.24. The minimum atomic E-state index is -0.124. The van der Waals surface area contributed by atoms with Crippen molar-refractivity contribution in [3.8, 4) is 11.5 Å². The smallest absolute Gasteiger partial charge is 0.258 e. The molecule has 160 valence electrons. The lowest BCUT2D eigenvalue weighted by atomic mass is 10.1. The van der Waals surface area contributed by atoms with Gasteiger partial charge in [0.2, 0.25) is 5.91 Å². The molecule has 0 fully saturated rings. The fourth-order valence-corrected chi connectivity index (χ4v) is 3.88. The van der Waals surface area contributed by atoms with Crippen LogP contribution in [0.25, 0.3) is 10.8 Å². The van der Waals surface area contributed by atoms with Crippen LogP contribution >= 0.6 is 0 Å². The lowest BCUT2D eigenvalue weighted by Gasteiger charge is -2.18. The molecule has 0 aromatic heterocycles. The van der Waals surface area contributed by atoms with Crippen LogP contribution in [0.3, 0.4) is 0 Å². The maximum atomic E-state index is 12.8. The van der Waals surface area contributed by atoms with E-state index < -0.39 is 0 Å². The Kier molecular flexibility index (Phi) is 6.07. The van der Waals surface area contributed by atoms with E-state index in [1.165, 1.54) is 0 Å². The molecule has 4 rings (SSSR count). The van der Waals surface area contributed by atoms with Crippen molar-refractivity contribution in [3.05, 3.63) is 66.2 Å². The standard InChI is InChI=1S/C25H26N2O4/c1-17(16-31-20-13-11-19(30-2)12-14-20)26-23(28)10-5-15-27-22-9-4-7-18-6-3-8-21(24(18)22)25(27)29/h3-4,6-9,11-14,17H,5,10,15-16H2,1-2H3,(H,26,28)/t17-/m0/s1. The second-order valence-corrected chi connectivity index (χ2v) is 7.70. The average molecular weight is 418 g/mol. The molecule has 3 aromatic carbocycles. The van der Waals surface area contributed by atoms with Crippen LogP contribution in [0.2, 0.25) is 0 Å². The van der Waals surface area contributed by atoms with Gasteiger partial charge in [-0.05, 0) is 55.1 Å². The van der Waals surface area contributed by atoms with Crippen LogP contribution in [-0.4, -0.2) is 38.1 Å². The maximum Gasteiger partial charge on any atom is 0.258 e. The summed E-state index contributed by atoms with van der Waals surface area (Å²) in [7, 11) is 1.62. The first-order chi connectivity index (χ1) is 15.1. The summed E-state index contributed by atoms with van der Waals surface area (Å²) in [5, 5.41) is 5.02. The average Bonchev–Trinajstić information content (AvgIpc) is 3.06. The third kappa shape index (κ3) is 4.48. The number of benzene rings is 3. The van der Waals surface area contributed by atoms with E-state index >= 15 is 0 Å². The molecule has 31 heavy (non-hydrogen) atoms. The second kappa shape index (κ2) is 9.08. The zero-order chi connectivity index (χ0) is 21.8. The van der Waals surface area contributed by atoms with Crippen molar-refractivity contribution >= 4 is 28.3 Å². The summed E-state index contributed by atoms with van der Waals surface area (Å²) < 4.78 is 10.8. The van der Waals surface area contributed by atoms with E-state index in [4.69, 9.17) is 9.47 Å². The van der Waals surface area contributed by atoms with E-state index in [9.17, 15) is 9.59 Å². The monoisotopic (exact) mass is 418 g/mol. The number of rotatable bonds is 9. The van der Waals surface area contributed by atoms with Crippen LogP contribution in [0, 0.1) is 0 Å². The Hall–Kier alpha value is -3.54. The molecule has 0 bridgehead atoms. The van der Waals surface area contributed by atoms with Crippen molar-refractivity contribution in [2.45, 2.75) is 25.8 Å². The molecule has 6 heteroatoms. The van der Waals surface area contributed by atoms with E-state index in [2.05, 4.69) is 5.32 Å². The van der Waals surface area contributed by atoms with Crippen LogP contribution in [0.1, 0.15) is 30.1 Å². The Morgan fingerprint density at radius 3 is 2.48 bits per heavy atom. The van der Waals surface area contributed by atoms with E-state index in [-0.39, 0.29) is 17.9 Å². The fourth-order valence-electron chi connectivity index (χ4n) is 3.88. The predicted octanol–water partition coefficient (Wildman–Crippen LogP) is 4.17. The van der Waals surface area contributed by atoms with Gasteiger partial charge in [0.15, 0.2) is 0 Å².